The number of nitrogens with one attached hydrogen (secondary N) is 3. The number of sulfonamides is 1. The molecule has 0 saturated carbocycles. The topological polar surface area (TPSA) is 108 Å². The van der Waals surface area contributed by atoms with Crippen molar-refractivity contribution < 1.29 is 24.1 Å². The van der Waals surface area contributed by atoms with Gasteiger partial charge in [-0.2, -0.15) is 4.98 Å². The zero-order valence-corrected chi connectivity index (χ0v) is 21.7. The number of aromatic nitrogens is 2. The zero-order chi connectivity index (χ0) is 33.4. The highest BCUT2D eigenvalue weighted by Crippen LogP contribution is 2.24. The van der Waals surface area contributed by atoms with E-state index in [9.17, 15) is 8.42 Å². The second kappa shape index (κ2) is 11.5. The molecule has 1 fully saturated rings. The smallest absolute Gasteiger partial charge is 0.241 e. The highest BCUT2D eigenvalue weighted by Gasteiger charge is 2.22. The summed E-state index contributed by atoms with van der Waals surface area (Å²) in [5.41, 5.74) is -0.442. The molecule has 0 unspecified atom stereocenters. The molecule has 2 heterocycles. The van der Waals surface area contributed by atoms with Gasteiger partial charge in [-0.25, -0.2) is 18.1 Å². The van der Waals surface area contributed by atoms with Crippen LogP contribution in [0.5, 0.6) is 5.75 Å². The minimum absolute atomic E-state index is 0.0449. The Balaban J connectivity index is 1.51. The van der Waals surface area contributed by atoms with Crippen molar-refractivity contribution in [3.8, 4) is 5.75 Å². The van der Waals surface area contributed by atoms with Crippen molar-refractivity contribution in [1.82, 2.24) is 19.6 Å². The molecule has 0 spiro atoms. The number of nitrogens with zero attached hydrogens (tertiary/aromatic N) is 3. The molecule has 0 radical (unpaired) electrons. The Bertz CT molecular complexity index is 1610. The molecule has 0 bridgehead atoms. The van der Waals surface area contributed by atoms with E-state index in [1.807, 2.05) is 0 Å². The van der Waals surface area contributed by atoms with Gasteiger partial charge in [0.25, 0.3) is 0 Å². The lowest BCUT2D eigenvalue weighted by Crippen LogP contribution is -2.40. The van der Waals surface area contributed by atoms with Crippen LogP contribution in [0.15, 0.2) is 59.6 Å². The van der Waals surface area contributed by atoms with Gasteiger partial charge in [0, 0.05) is 44.8 Å². The summed E-state index contributed by atoms with van der Waals surface area (Å²) in [6, 6.07) is 12.3. The lowest BCUT2D eigenvalue weighted by Gasteiger charge is -2.20. The van der Waals surface area contributed by atoms with Crippen LogP contribution in [0.25, 0.3) is 0 Å². The third kappa shape index (κ3) is 7.88. The van der Waals surface area contributed by atoms with E-state index in [4.69, 9.17) is 15.7 Å². The van der Waals surface area contributed by atoms with Gasteiger partial charge in [-0.15, -0.1) is 0 Å². The van der Waals surface area contributed by atoms with Crippen LogP contribution in [0, 0.1) is 6.85 Å². The van der Waals surface area contributed by atoms with Gasteiger partial charge < -0.3 is 15.4 Å². The first kappa shape index (κ1) is 18.1. The van der Waals surface area contributed by atoms with Crippen molar-refractivity contribution in [3.05, 3.63) is 60.3 Å². The fourth-order valence-corrected chi connectivity index (χ4v) is 4.91. The van der Waals surface area contributed by atoms with E-state index in [-0.39, 0.29) is 48.3 Å². The molecule has 9 nitrogen and oxygen atoms in total. The van der Waals surface area contributed by atoms with E-state index >= 15 is 0 Å². The summed E-state index contributed by atoms with van der Waals surface area (Å²) < 4.78 is 98.2. The lowest BCUT2D eigenvalue weighted by atomic mass is 10.1. The third-order valence-electron chi connectivity index (χ3n) is 5.00. The first-order valence-electron chi connectivity index (χ1n) is 15.7. The fraction of sp³-hybridized carbons (Fsp3) is 0.407. The molecule has 0 aliphatic carbocycles. The van der Waals surface area contributed by atoms with Crippen molar-refractivity contribution in [2.75, 3.05) is 36.8 Å². The number of hydrogen-bond donors (Lipinski definition) is 3. The van der Waals surface area contributed by atoms with Crippen LogP contribution in [-0.4, -0.2) is 55.0 Å². The van der Waals surface area contributed by atoms with Gasteiger partial charge in [-0.1, -0.05) is 6.07 Å². The van der Waals surface area contributed by atoms with E-state index in [1.165, 1.54) is 18.2 Å². The molecule has 37 heavy (non-hydrogen) atoms. The number of rotatable bonds is 10. The number of hydrogen-bond acceptors (Lipinski definition) is 8. The summed E-state index contributed by atoms with van der Waals surface area (Å²) in [6.45, 7) is -0.982. The average Bonchev–Trinajstić information content (AvgIpc) is 3.09. The summed E-state index contributed by atoms with van der Waals surface area (Å²) in [5.74, 6) is 0.178. The van der Waals surface area contributed by atoms with Gasteiger partial charge in [0.1, 0.15) is 18.2 Å². The third-order valence-corrected chi connectivity index (χ3v) is 6.76. The molecule has 3 N–H and O–H groups in total. The van der Waals surface area contributed by atoms with Crippen LogP contribution >= 0.6 is 0 Å². The predicted molar refractivity (Wildman–Crippen MR) is 147 cm³/mol. The van der Waals surface area contributed by atoms with Crippen molar-refractivity contribution in [1.29, 1.82) is 0 Å². The largest absolute Gasteiger partial charge is 0.492 e. The Kier molecular flexibility index (Phi) is 5.61. The van der Waals surface area contributed by atoms with Crippen molar-refractivity contribution >= 4 is 33.2 Å². The average molecular weight is 533 g/mol. The number of benzene rings is 2. The molecule has 2 aromatic carbocycles. The Morgan fingerprint density at radius 3 is 2.57 bits per heavy atom. The predicted octanol–water partition coefficient (Wildman–Crippen LogP) is 4.82. The van der Waals surface area contributed by atoms with E-state index < -0.39 is 47.1 Å². The standard InChI is InChI=1S/C27H36N6O3S/c1-20-19-28-26(30-21-10-12-23(13-11-21)36-17-16-33-14-5-6-15-33)31-25(20)29-22-8-7-9-24(18-22)37(34,35)32-27(2,3)4/h7-13,18-19,32H,5-6,14-17H2,1-4H3,(H2,28,29,30,31)/i1D3,14D2,15D2,19D. The number of ether oxygens (including phenoxy) is 1. The molecule has 1 aromatic heterocycles. The highest BCUT2D eigenvalue weighted by molar-refractivity contribution is 7.89. The minimum Gasteiger partial charge on any atom is -0.492 e. The second-order valence-corrected chi connectivity index (χ2v) is 11.0. The number of anilines is 4. The highest BCUT2D eigenvalue weighted by atomic mass is 32.2. The zero-order valence-electron chi connectivity index (χ0n) is 28.9. The van der Waals surface area contributed by atoms with Gasteiger partial charge >= 0.3 is 0 Å². The molecule has 1 saturated heterocycles. The Morgan fingerprint density at radius 2 is 1.86 bits per heavy atom. The summed E-state index contributed by atoms with van der Waals surface area (Å²) in [6.07, 6.45) is -0.332. The molecule has 3 aromatic rings. The van der Waals surface area contributed by atoms with Gasteiger partial charge in [-0.05, 0) is 95.9 Å². The van der Waals surface area contributed by atoms with Gasteiger partial charge in [0.15, 0.2) is 0 Å². The second-order valence-electron chi connectivity index (χ2n) is 9.36. The monoisotopic (exact) mass is 532 g/mol. The molecule has 0 amide bonds. The Labute approximate surface area is 231 Å². The van der Waals surface area contributed by atoms with E-state index in [0.717, 1.165) is 4.90 Å². The number of likely N-dealkylation sites (tertiary alicyclic amines) is 1. The van der Waals surface area contributed by atoms with Crippen LogP contribution in [-0.2, 0) is 10.0 Å². The molecular weight excluding hydrogens is 488 g/mol. The van der Waals surface area contributed by atoms with Crippen molar-refractivity contribution in [2.24, 2.45) is 0 Å². The fourth-order valence-electron chi connectivity index (χ4n) is 3.45. The molecule has 0 atom stereocenters. The maximum absolute atomic E-state index is 12.8. The Hall–Kier alpha value is -3.21. The quantitative estimate of drug-likeness (QED) is 0.341. The van der Waals surface area contributed by atoms with E-state index in [0.29, 0.717) is 11.4 Å². The maximum atomic E-state index is 12.8. The van der Waals surface area contributed by atoms with Crippen LogP contribution in [0.1, 0.15) is 50.1 Å². The minimum atomic E-state index is -3.88. The first-order chi connectivity index (χ1) is 20.7. The van der Waals surface area contributed by atoms with Crippen LogP contribution < -0.4 is 20.1 Å². The molecule has 1 aliphatic rings. The maximum Gasteiger partial charge on any atom is 0.241 e. The van der Waals surface area contributed by atoms with Crippen LogP contribution in [0.2, 0.25) is 0 Å². The van der Waals surface area contributed by atoms with Gasteiger partial charge in [0.05, 0.1) is 6.27 Å². The molecule has 10 heteroatoms. The molecule has 4 rings (SSSR count). The summed E-state index contributed by atoms with van der Waals surface area (Å²) in [5, 5.41) is 5.77. The lowest BCUT2D eigenvalue weighted by molar-refractivity contribution is 0.238. The Morgan fingerprint density at radius 1 is 1.11 bits per heavy atom. The molecule has 198 valence electrons. The molecule has 1 aliphatic heterocycles. The van der Waals surface area contributed by atoms with E-state index in [1.54, 1.807) is 51.1 Å². The normalized spacial score (nSPS) is 20.7. The van der Waals surface area contributed by atoms with Crippen molar-refractivity contribution in [2.45, 2.75) is 50.9 Å². The van der Waals surface area contributed by atoms with Gasteiger partial charge in [-0.3, -0.25) is 4.90 Å². The summed E-state index contributed by atoms with van der Waals surface area (Å²) in [4.78, 5) is 9.43. The van der Waals surface area contributed by atoms with Crippen LogP contribution in [0.4, 0.5) is 23.1 Å². The summed E-state index contributed by atoms with van der Waals surface area (Å²) >= 11 is 0. The summed E-state index contributed by atoms with van der Waals surface area (Å²) in [7, 11) is -3.88. The van der Waals surface area contributed by atoms with Crippen LogP contribution in [0.3, 0.4) is 0 Å². The molecular formula is C27H36N6O3S. The first-order valence-corrected chi connectivity index (χ1v) is 13.2. The van der Waals surface area contributed by atoms with Gasteiger partial charge in [0.2, 0.25) is 16.0 Å². The SMILES string of the molecule is [2H]c1nc(Nc2ccc(OCCN3C([2H])([2H])CCC3([2H])[2H])cc2)nc(Nc2cccc(S(=O)(=O)NC(C)(C)C)c2)c1C([2H])([2H])[2H]. The van der Waals surface area contributed by atoms with Crippen molar-refractivity contribution in [3.63, 3.8) is 0 Å². The van der Waals surface area contributed by atoms with E-state index in [2.05, 4.69) is 25.3 Å².